The van der Waals surface area contributed by atoms with Gasteiger partial charge in [-0.1, -0.05) is 0 Å². The van der Waals surface area contributed by atoms with Gasteiger partial charge in [0.15, 0.2) is 5.65 Å². The van der Waals surface area contributed by atoms with E-state index < -0.39 is 0 Å². The van der Waals surface area contributed by atoms with Crippen LogP contribution in [-0.2, 0) is 11.3 Å². The number of ether oxygens (including phenoxy) is 1. The van der Waals surface area contributed by atoms with Gasteiger partial charge in [-0.3, -0.25) is 4.98 Å². The fraction of sp³-hybridized carbons (Fsp3) is 0.353. The van der Waals surface area contributed by atoms with Gasteiger partial charge in [-0.25, -0.2) is 9.50 Å². The molecule has 3 aromatic rings. The van der Waals surface area contributed by atoms with E-state index in [9.17, 15) is 0 Å². The predicted molar refractivity (Wildman–Crippen MR) is 92.0 cm³/mol. The molecule has 124 valence electrons. The normalized spacial score (nSPS) is 15.1. The first-order valence-electron chi connectivity index (χ1n) is 8.10. The molecule has 3 aromatic heterocycles. The molecule has 7 heteroatoms. The SMILES string of the molecule is COCc1nc2ccc(N3CCNCC3)nn2c1-c1ccncc1. The van der Waals surface area contributed by atoms with Crippen molar-refractivity contribution in [3.05, 3.63) is 42.4 Å². The average molecular weight is 324 g/mol. The zero-order valence-electron chi connectivity index (χ0n) is 13.6. The minimum Gasteiger partial charge on any atom is -0.378 e. The lowest BCUT2D eigenvalue weighted by atomic mass is 10.1. The fourth-order valence-corrected chi connectivity index (χ4v) is 3.07. The number of nitrogens with one attached hydrogen (secondary N) is 1. The van der Waals surface area contributed by atoms with E-state index in [-0.39, 0.29) is 0 Å². The van der Waals surface area contributed by atoms with Gasteiger partial charge in [0.1, 0.15) is 5.82 Å². The molecule has 0 saturated carbocycles. The quantitative estimate of drug-likeness (QED) is 0.781. The number of pyridine rings is 1. The number of hydrogen-bond donors (Lipinski definition) is 1. The van der Waals surface area contributed by atoms with Crippen LogP contribution in [0.2, 0.25) is 0 Å². The smallest absolute Gasteiger partial charge is 0.154 e. The molecule has 0 aromatic carbocycles. The van der Waals surface area contributed by atoms with Crippen molar-refractivity contribution in [1.29, 1.82) is 0 Å². The first-order valence-corrected chi connectivity index (χ1v) is 8.10. The Balaban J connectivity index is 1.85. The molecule has 0 bridgehead atoms. The highest BCUT2D eigenvalue weighted by molar-refractivity contribution is 5.66. The minimum atomic E-state index is 0.448. The molecule has 1 saturated heterocycles. The summed E-state index contributed by atoms with van der Waals surface area (Å²) >= 11 is 0. The third kappa shape index (κ3) is 2.72. The van der Waals surface area contributed by atoms with E-state index in [1.165, 1.54) is 0 Å². The van der Waals surface area contributed by atoms with Crippen molar-refractivity contribution in [1.82, 2.24) is 24.9 Å². The van der Waals surface area contributed by atoms with E-state index in [2.05, 4.69) is 20.2 Å². The highest BCUT2D eigenvalue weighted by Gasteiger charge is 2.18. The van der Waals surface area contributed by atoms with Crippen LogP contribution in [0.25, 0.3) is 16.9 Å². The maximum absolute atomic E-state index is 5.33. The summed E-state index contributed by atoms with van der Waals surface area (Å²) in [6.07, 6.45) is 3.57. The number of nitrogens with zero attached hydrogens (tertiary/aromatic N) is 5. The molecule has 0 atom stereocenters. The molecule has 0 amide bonds. The summed E-state index contributed by atoms with van der Waals surface area (Å²) in [5.41, 5.74) is 3.71. The van der Waals surface area contributed by atoms with Crippen LogP contribution in [0.4, 0.5) is 5.82 Å². The van der Waals surface area contributed by atoms with E-state index in [0.29, 0.717) is 6.61 Å². The lowest BCUT2D eigenvalue weighted by molar-refractivity contribution is 0.182. The Morgan fingerprint density at radius 3 is 2.67 bits per heavy atom. The Bertz CT molecular complexity index is 826. The van der Waals surface area contributed by atoms with Crippen LogP contribution in [0.3, 0.4) is 0 Å². The largest absolute Gasteiger partial charge is 0.378 e. The number of aromatic nitrogens is 4. The number of anilines is 1. The lowest BCUT2D eigenvalue weighted by Gasteiger charge is -2.28. The van der Waals surface area contributed by atoms with Gasteiger partial charge in [-0.15, -0.1) is 5.10 Å². The molecule has 0 unspecified atom stereocenters. The summed E-state index contributed by atoms with van der Waals surface area (Å²) in [4.78, 5) is 11.1. The average Bonchev–Trinajstić information content (AvgIpc) is 3.00. The Morgan fingerprint density at radius 1 is 1.12 bits per heavy atom. The molecular formula is C17H20N6O. The summed E-state index contributed by atoms with van der Waals surface area (Å²) in [5.74, 6) is 0.973. The number of fused-ring (bicyclic) bond motifs is 1. The third-order valence-electron chi connectivity index (χ3n) is 4.21. The van der Waals surface area contributed by atoms with Gasteiger partial charge >= 0.3 is 0 Å². The highest BCUT2D eigenvalue weighted by Crippen LogP contribution is 2.26. The molecule has 24 heavy (non-hydrogen) atoms. The van der Waals surface area contributed by atoms with E-state index in [4.69, 9.17) is 9.84 Å². The summed E-state index contributed by atoms with van der Waals surface area (Å²) < 4.78 is 7.25. The molecule has 4 rings (SSSR count). The van der Waals surface area contributed by atoms with Crippen LogP contribution in [0, 0.1) is 0 Å². The zero-order valence-corrected chi connectivity index (χ0v) is 13.6. The molecule has 1 aliphatic rings. The van der Waals surface area contributed by atoms with Crippen molar-refractivity contribution in [2.75, 3.05) is 38.2 Å². The van der Waals surface area contributed by atoms with Crippen molar-refractivity contribution in [3.63, 3.8) is 0 Å². The van der Waals surface area contributed by atoms with Gasteiger partial charge in [-0.2, -0.15) is 0 Å². The summed E-state index contributed by atoms with van der Waals surface area (Å²) in [6, 6.07) is 8.01. The molecule has 0 radical (unpaired) electrons. The van der Waals surface area contributed by atoms with Crippen LogP contribution in [0.5, 0.6) is 0 Å². The number of imidazole rings is 1. The summed E-state index contributed by atoms with van der Waals surface area (Å²) in [7, 11) is 1.68. The van der Waals surface area contributed by atoms with Gasteiger partial charge in [-0.05, 0) is 24.3 Å². The van der Waals surface area contributed by atoms with Crippen LogP contribution >= 0.6 is 0 Å². The summed E-state index contributed by atoms with van der Waals surface area (Å²) in [5, 5.41) is 8.22. The van der Waals surface area contributed by atoms with Gasteiger partial charge in [0, 0.05) is 51.2 Å². The highest BCUT2D eigenvalue weighted by atomic mass is 16.5. The van der Waals surface area contributed by atoms with E-state index >= 15 is 0 Å². The first kappa shape index (κ1) is 15.0. The van der Waals surface area contributed by atoms with Crippen molar-refractivity contribution in [3.8, 4) is 11.3 Å². The van der Waals surface area contributed by atoms with E-state index in [1.807, 2.05) is 28.8 Å². The Morgan fingerprint density at radius 2 is 1.92 bits per heavy atom. The standard InChI is InChI=1S/C17H20N6O/c1-24-12-14-17(13-4-6-18-7-5-13)23-15(20-14)2-3-16(21-23)22-10-8-19-9-11-22/h2-7,19H,8-12H2,1H3. The Labute approximate surface area is 140 Å². The Kier molecular flexibility index (Phi) is 4.10. The van der Waals surface area contributed by atoms with Crippen molar-refractivity contribution < 1.29 is 4.74 Å². The molecule has 0 spiro atoms. The number of rotatable bonds is 4. The van der Waals surface area contributed by atoms with Crippen LogP contribution in [0.1, 0.15) is 5.69 Å². The van der Waals surface area contributed by atoms with Crippen molar-refractivity contribution >= 4 is 11.5 Å². The van der Waals surface area contributed by atoms with Crippen molar-refractivity contribution in [2.45, 2.75) is 6.61 Å². The second-order valence-corrected chi connectivity index (χ2v) is 5.77. The summed E-state index contributed by atoms with van der Waals surface area (Å²) in [6.45, 7) is 4.33. The molecule has 4 heterocycles. The van der Waals surface area contributed by atoms with Crippen molar-refractivity contribution in [2.24, 2.45) is 0 Å². The third-order valence-corrected chi connectivity index (χ3v) is 4.21. The molecule has 7 nitrogen and oxygen atoms in total. The number of piperazine rings is 1. The Hall–Kier alpha value is -2.51. The van der Waals surface area contributed by atoms with Crippen LogP contribution in [0.15, 0.2) is 36.7 Å². The van der Waals surface area contributed by atoms with Crippen LogP contribution < -0.4 is 10.2 Å². The molecular weight excluding hydrogens is 304 g/mol. The van der Waals surface area contributed by atoms with Gasteiger partial charge < -0.3 is 15.0 Å². The van der Waals surface area contributed by atoms with E-state index in [1.54, 1.807) is 19.5 Å². The number of hydrogen-bond acceptors (Lipinski definition) is 6. The molecule has 1 aliphatic heterocycles. The monoisotopic (exact) mass is 324 g/mol. The second-order valence-electron chi connectivity index (χ2n) is 5.77. The first-order chi connectivity index (χ1) is 11.9. The fourth-order valence-electron chi connectivity index (χ4n) is 3.07. The van der Waals surface area contributed by atoms with Gasteiger partial charge in [0.05, 0.1) is 18.0 Å². The molecule has 1 fully saturated rings. The van der Waals surface area contributed by atoms with Crippen LogP contribution in [-0.4, -0.2) is 52.9 Å². The zero-order chi connectivity index (χ0) is 16.4. The maximum Gasteiger partial charge on any atom is 0.154 e. The lowest BCUT2D eigenvalue weighted by Crippen LogP contribution is -2.44. The topological polar surface area (TPSA) is 67.6 Å². The second kappa shape index (κ2) is 6.54. The van der Waals surface area contributed by atoms with Gasteiger partial charge in [0.25, 0.3) is 0 Å². The number of methoxy groups -OCH3 is 1. The van der Waals surface area contributed by atoms with Gasteiger partial charge in [0.2, 0.25) is 0 Å². The predicted octanol–water partition coefficient (Wildman–Crippen LogP) is 1.35. The minimum absolute atomic E-state index is 0.448. The van der Waals surface area contributed by atoms with E-state index in [0.717, 1.165) is 54.6 Å². The molecule has 1 N–H and O–H groups in total. The maximum atomic E-state index is 5.33. The molecule has 0 aliphatic carbocycles.